The number of aromatic nitrogens is 2. The van der Waals surface area contributed by atoms with E-state index in [4.69, 9.17) is 4.98 Å². The summed E-state index contributed by atoms with van der Waals surface area (Å²) in [7, 11) is 0. The molecule has 0 bridgehead atoms. The predicted molar refractivity (Wildman–Crippen MR) is 119 cm³/mol. The van der Waals surface area contributed by atoms with Crippen molar-refractivity contribution in [3.8, 4) is 11.3 Å². The number of benzene rings is 2. The van der Waals surface area contributed by atoms with Crippen LogP contribution in [0.5, 0.6) is 0 Å². The van der Waals surface area contributed by atoms with Crippen LogP contribution in [-0.4, -0.2) is 33.9 Å². The van der Waals surface area contributed by atoms with Crippen molar-refractivity contribution in [2.45, 2.75) is 18.8 Å². The zero-order valence-corrected chi connectivity index (χ0v) is 16.7. The standard InChI is InChI=1S/C26H23N3O/c30-26(25-16-15-20-10-4-5-12-22(20)28-25)29-17-7-11-21(18-29)24-14-6-13-23(27-24)19-8-2-1-3-9-19/h1-6,8-10,12-16,21H,7,11,17-18H2/t21-/m0/s1. The largest absolute Gasteiger partial charge is 0.337 e. The van der Waals surface area contributed by atoms with E-state index in [0.717, 1.165) is 47.2 Å². The molecule has 4 nitrogen and oxygen atoms in total. The molecule has 2 aromatic heterocycles. The van der Waals surface area contributed by atoms with E-state index in [0.29, 0.717) is 12.2 Å². The topological polar surface area (TPSA) is 46.1 Å². The molecule has 1 fully saturated rings. The molecule has 0 saturated carbocycles. The Morgan fingerprint density at radius 2 is 1.67 bits per heavy atom. The summed E-state index contributed by atoms with van der Waals surface area (Å²) in [6.45, 7) is 1.45. The Labute approximate surface area is 176 Å². The van der Waals surface area contributed by atoms with Gasteiger partial charge >= 0.3 is 0 Å². The number of hydrogen-bond donors (Lipinski definition) is 0. The summed E-state index contributed by atoms with van der Waals surface area (Å²) in [4.78, 5) is 24.6. The summed E-state index contributed by atoms with van der Waals surface area (Å²) >= 11 is 0. The van der Waals surface area contributed by atoms with Gasteiger partial charge in [-0.15, -0.1) is 0 Å². The molecule has 148 valence electrons. The predicted octanol–water partition coefficient (Wildman–Crippen LogP) is 5.32. The van der Waals surface area contributed by atoms with Gasteiger partial charge in [0, 0.05) is 35.7 Å². The molecule has 0 unspecified atom stereocenters. The third-order valence-corrected chi connectivity index (χ3v) is 5.78. The molecule has 0 spiro atoms. The van der Waals surface area contributed by atoms with Gasteiger partial charge in [-0.25, -0.2) is 4.98 Å². The minimum atomic E-state index is 0.00432. The Kier molecular flexibility index (Phi) is 4.98. The van der Waals surface area contributed by atoms with Crippen LogP contribution >= 0.6 is 0 Å². The van der Waals surface area contributed by atoms with Crippen LogP contribution in [0.1, 0.15) is 34.9 Å². The first-order valence-electron chi connectivity index (χ1n) is 10.5. The Balaban J connectivity index is 1.37. The summed E-state index contributed by atoms with van der Waals surface area (Å²) in [5, 5.41) is 1.05. The van der Waals surface area contributed by atoms with Gasteiger partial charge in [0.1, 0.15) is 5.69 Å². The normalized spacial score (nSPS) is 16.5. The molecule has 4 aromatic rings. The molecule has 4 heteroatoms. The fourth-order valence-electron chi connectivity index (χ4n) is 4.20. The number of carbonyl (C=O) groups excluding carboxylic acids is 1. The maximum Gasteiger partial charge on any atom is 0.272 e. The first-order chi connectivity index (χ1) is 14.8. The zero-order chi connectivity index (χ0) is 20.3. The van der Waals surface area contributed by atoms with Crippen LogP contribution in [0.3, 0.4) is 0 Å². The highest BCUT2D eigenvalue weighted by Gasteiger charge is 2.27. The van der Waals surface area contributed by atoms with Gasteiger partial charge < -0.3 is 4.90 Å². The number of carbonyl (C=O) groups is 1. The zero-order valence-electron chi connectivity index (χ0n) is 16.7. The van der Waals surface area contributed by atoms with E-state index >= 15 is 0 Å². The summed E-state index contributed by atoms with van der Waals surface area (Å²) in [6, 6.07) is 28.1. The molecule has 2 aromatic carbocycles. The highest BCUT2D eigenvalue weighted by Crippen LogP contribution is 2.28. The lowest BCUT2D eigenvalue weighted by Gasteiger charge is -2.32. The van der Waals surface area contributed by atoms with Crippen molar-refractivity contribution in [3.63, 3.8) is 0 Å². The van der Waals surface area contributed by atoms with Gasteiger partial charge in [0.05, 0.1) is 11.2 Å². The molecule has 3 heterocycles. The molecule has 1 saturated heterocycles. The van der Waals surface area contributed by atoms with Gasteiger partial charge in [-0.2, -0.15) is 0 Å². The first kappa shape index (κ1) is 18.5. The molecule has 0 N–H and O–H groups in total. The maximum atomic E-state index is 13.2. The third kappa shape index (κ3) is 3.69. The van der Waals surface area contributed by atoms with Crippen LogP contribution < -0.4 is 0 Å². The van der Waals surface area contributed by atoms with Crippen LogP contribution in [0.2, 0.25) is 0 Å². The Morgan fingerprint density at radius 3 is 2.57 bits per heavy atom. The van der Waals surface area contributed by atoms with E-state index in [2.05, 4.69) is 29.2 Å². The lowest BCUT2D eigenvalue weighted by Crippen LogP contribution is -2.39. The number of piperidine rings is 1. The Morgan fingerprint density at radius 1 is 0.833 bits per heavy atom. The van der Waals surface area contributed by atoms with Crippen molar-refractivity contribution in [1.82, 2.24) is 14.9 Å². The van der Waals surface area contributed by atoms with Gasteiger partial charge in [0.15, 0.2) is 0 Å². The van der Waals surface area contributed by atoms with Gasteiger partial charge in [0.2, 0.25) is 0 Å². The quantitative estimate of drug-likeness (QED) is 0.473. The minimum absolute atomic E-state index is 0.00432. The average molecular weight is 393 g/mol. The van der Waals surface area contributed by atoms with Gasteiger partial charge in [-0.05, 0) is 37.1 Å². The number of amides is 1. The molecular weight excluding hydrogens is 370 g/mol. The molecule has 30 heavy (non-hydrogen) atoms. The van der Waals surface area contributed by atoms with E-state index in [1.807, 2.05) is 65.6 Å². The number of likely N-dealkylation sites (tertiary alicyclic amines) is 1. The third-order valence-electron chi connectivity index (χ3n) is 5.78. The van der Waals surface area contributed by atoms with Crippen LogP contribution in [0, 0.1) is 0 Å². The van der Waals surface area contributed by atoms with Crippen LogP contribution in [0.25, 0.3) is 22.2 Å². The van der Waals surface area contributed by atoms with E-state index in [1.165, 1.54) is 0 Å². The molecule has 1 aliphatic heterocycles. The van der Waals surface area contributed by atoms with E-state index < -0.39 is 0 Å². The second-order valence-electron chi connectivity index (χ2n) is 7.79. The molecule has 1 amide bonds. The van der Waals surface area contributed by atoms with Crippen molar-refractivity contribution in [1.29, 1.82) is 0 Å². The molecular formula is C26H23N3O. The van der Waals surface area contributed by atoms with E-state index in [1.54, 1.807) is 0 Å². The number of fused-ring (bicyclic) bond motifs is 1. The lowest BCUT2D eigenvalue weighted by atomic mass is 9.93. The first-order valence-corrected chi connectivity index (χ1v) is 10.5. The van der Waals surface area contributed by atoms with Gasteiger partial charge in [-0.1, -0.05) is 60.7 Å². The van der Waals surface area contributed by atoms with E-state index in [-0.39, 0.29) is 11.8 Å². The molecule has 1 aliphatic rings. The molecule has 0 aliphatic carbocycles. The number of rotatable bonds is 3. The number of para-hydroxylation sites is 1. The minimum Gasteiger partial charge on any atom is -0.337 e. The number of hydrogen-bond acceptors (Lipinski definition) is 3. The number of pyridine rings is 2. The van der Waals surface area contributed by atoms with Crippen molar-refractivity contribution in [2.75, 3.05) is 13.1 Å². The Bertz CT molecular complexity index is 1190. The number of nitrogens with zero attached hydrogens (tertiary/aromatic N) is 3. The van der Waals surface area contributed by atoms with Gasteiger partial charge in [-0.3, -0.25) is 9.78 Å². The second kappa shape index (κ2) is 8.07. The van der Waals surface area contributed by atoms with Gasteiger partial charge in [0.25, 0.3) is 5.91 Å². The van der Waals surface area contributed by atoms with E-state index in [9.17, 15) is 4.79 Å². The van der Waals surface area contributed by atoms with Crippen molar-refractivity contribution >= 4 is 16.8 Å². The van der Waals surface area contributed by atoms with Crippen LogP contribution in [0.4, 0.5) is 0 Å². The van der Waals surface area contributed by atoms with Crippen molar-refractivity contribution < 1.29 is 4.79 Å². The highest BCUT2D eigenvalue weighted by atomic mass is 16.2. The maximum absolute atomic E-state index is 13.2. The van der Waals surface area contributed by atoms with Crippen molar-refractivity contribution in [2.24, 2.45) is 0 Å². The Hall–Kier alpha value is -3.53. The summed E-state index contributed by atoms with van der Waals surface area (Å²) in [6.07, 6.45) is 2.02. The highest BCUT2D eigenvalue weighted by molar-refractivity contribution is 5.95. The molecule has 5 rings (SSSR count). The monoisotopic (exact) mass is 393 g/mol. The summed E-state index contributed by atoms with van der Waals surface area (Å²) < 4.78 is 0. The second-order valence-corrected chi connectivity index (χ2v) is 7.79. The summed E-state index contributed by atoms with van der Waals surface area (Å²) in [5.41, 5.74) is 4.52. The summed E-state index contributed by atoms with van der Waals surface area (Å²) in [5.74, 6) is 0.247. The van der Waals surface area contributed by atoms with Crippen molar-refractivity contribution in [3.05, 3.63) is 96.3 Å². The average Bonchev–Trinajstić information content (AvgIpc) is 2.84. The fraction of sp³-hybridized carbons (Fsp3) is 0.192. The fourth-order valence-corrected chi connectivity index (χ4v) is 4.20. The van der Waals surface area contributed by atoms with Crippen LogP contribution in [0.15, 0.2) is 84.9 Å². The molecule has 0 radical (unpaired) electrons. The molecule has 1 atom stereocenters. The SMILES string of the molecule is O=C(c1ccc2ccccc2n1)N1CCC[C@H](c2cccc(-c3ccccc3)n2)C1. The smallest absolute Gasteiger partial charge is 0.272 e. The van der Waals surface area contributed by atoms with Crippen LogP contribution in [-0.2, 0) is 0 Å². The lowest BCUT2D eigenvalue weighted by molar-refractivity contribution is 0.0700.